The minimum absolute atomic E-state index is 0.308. The Hall–Kier alpha value is -3.47. The summed E-state index contributed by atoms with van der Waals surface area (Å²) in [5.41, 5.74) is 4.95. The number of benzene rings is 2. The molecule has 1 atom stereocenters. The Bertz CT molecular complexity index is 1110. The molecule has 0 fully saturated rings. The molecule has 0 aliphatic carbocycles. The Labute approximate surface area is 163 Å². The highest BCUT2D eigenvalue weighted by atomic mass is 16.5. The second-order valence-corrected chi connectivity index (χ2v) is 7.09. The van der Waals surface area contributed by atoms with Crippen molar-refractivity contribution in [2.45, 2.75) is 19.4 Å². The van der Waals surface area contributed by atoms with Gasteiger partial charge < -0.3 is 9.42 Å². The highest BCUT2D eigenvalue weighted by Gasteiger charge is 2.27. The van der Waals surface area contributed by atoms with Crippen LogP contribution in [0.2, 0.25) is 0 Å². The smallest absolute Gasteiger partial charge is 0.258 e. The van der Waals surface area contributed by atoms with Crippen molar-refractivity contribution < 1.29 is 4.52 Å². The molecule has 0 N–H and O–H groups in total. The van der Waals surface area contributed by atoms with E-state index in [4.69, 9.17) is 4.52 Å². The number of nitrogens with zero attached hydrogens (tertiary/aromatic N) is 4. The van der Waals surface area contributed by atoms with Crippen LogP contribution in [-0.2, 0) is 6.54 Å². The Kier molecular flexibility index (Phi) is 4.13. The van der Waals surface area contributed by atoms with Crippen molar-refractivity contribution in [1.29, 1.82) is 0 Å². The van der Waals surface area contributed by atoms with E-state index >= 15 is 0 Å². The first kappa shape index (κ1) is 16.7. The number of fused-ring (bicyclic) bond motifs is 1. The molecule has 2 aromatic heterocycles. The molecule has 1 unspecified atom stereocenters. The largest absolute Gasteiger partial charge is 0.351 e. The summed E-state index contributed by atoms with van der Waals surface area (Å²) in [7, 11) is 0. The monoisotopic (exact) mass is 368 g/mol. The summed E-state index contributed by atoms with van der Waals surface area (Å²) < 4.78 is 5.33. The van der Waals surface area contributed by atoms with Crippen molar-refractivity contribution in [2.24, 2.45) is 0 Å². The lowest BCUT2D eigenvalue weighted by atomic mass is 9.84. The first-order chi connectivity index (χ1) is 13.8. The Morgan fingerprint density at radius 2 is 1.82 bits per heavy atom. The number of hydrogen-bond acceptors (Lipinski definition) is 5. The SMILES string of the molecule is Cc1noc(-c2ccnc(N3Cc4ccccc4C(c4ccccc4)C3)c2)n1. The Morgan fingerprint density at radius 1 is 1.00 bits per heavy atom. The van der Waals surface area contributed by atoms with E-state index in [0.717, 1.165) is 24.5 Å². The number of rotatable bonds is 3. The van der Waals surface area contributed by atoms with E-state index in [9.17, 15) is 0 Å². The van der Waals surface area contributed by atoms with Crippen LogP contribution < -0.4 is 4.90 Å². The van der Waals surface area contributed by atoms with Gasteiger partial charge in [0.2, 0.25) is 0 Å². The van der Waals surface area contributed by atoms with Gasteiger partial charge in [-0.15, -0.1) is 0 Å². The van der Waals surface area contributed by atoms with Gasteiger partial charge in [-0.05, 0) is 35.7 Å². The third kappa shape index (κ3) is 3.05. The van der Waals surface area contributed by atoms with Crippen LogP contribution in [0.15, 0.2) is 77.4 Å². The summed E-state index contributed by atoms with van der Waals surface area (Å²) in [6.45, 7) is 3.53. The molecule has 0 saturated carbocycles. The molecule has 0 amide bonds. The van der Waals surface area contributed by atoms with Gasteiger partial charge in [0.1, 0.15) is 5.82 Å². The summed E-state index contributed by atoms with van der Waals surface area (Å²) >= 11 is 0. The number of hydrogen-bond donors (Lipinski definition) is 0. The van der Waals surface area contributed by atoms with Gasteiger partial charge >= 0.3 is 0 Å². The van der Waals surface area contributed by atoms with Crippen molar-refractivity contribution in [1.82, 2.24) is 15.1 Å². The van der Waals surface area contributed by atoms with Gasteiger partial charge in [-0.1, -0.05) is 59.8 Å². The normalized spacial score (nSPS) is 16.0. The standard InChI is InChI=1S/C23H20N4O/c1-16-25-23(28-26-16)18-11-12-24-22(13-18)27-14-19-9-5-6-10-20(19)21(15-27)17-7-3-2-4-8-17/h2-13,21H,14-15H2,1H3. The Morgan fingerprint density at radius 3 is 2.64 bits per heavy atom. The predicted octanol–water partition coefficient (Wildman–Crippen LogP) is 4.59. The summed E-state index contributed by atoms with van der Waals surface area (Å²) in [6, 6.07) is 23.3. The molecule has 3 heterocycles. The maximum atomic E-state index is 5.33. The van der Waals surface area contributed by atoms with Crippen LogP contribution in [0.4, 0.5) is 5.82 Å². The number of pyridine rings is 1. The molecular formula is C23H20N4O. The maximum absolute atomic E-state index is 5.33. The molecular weight excluding hydrogens is 348 g/mol. The molecule has 0 spiro atoms. The number of aryl methyl sites for hydroxylation is 1. The summed E-state index contributed by atoms with van der Waals surface area (Å²) in [5, 5.41) is 3.90. The van der Waals surface area contributed by atoms with Gasteiger partial charge in [-0.3, -0.25) is 0 Å². The topological polar surface area (TPSA) is 55.1 Å². The zero-order chi connectivity index (χ0) is 18.9. The molecule has 138 valence electrons. The van der Waals surface area contributed by atoms with Gasteiger partial charge in [-0.2, -0.15) is 4.98 Å². The predicted molar refractivity (Wildman–Crippen MR) is 108 cm³/mol. The molecule has 0 radical (unpaired) electrons. The molecule has 0 bridgehead atoms. The molecule has 1 aliphatic rings. The average molecular weight is 368 g/mol. The Balaban J connectivity index is 1.53. The van der Waals surface area contributed by atoms with Crippen LogP contribution >= 0.6 is 0 Å². The third-order valence-electron chi connectivity index (χ3n) is 5.24. The summed E-state index contributed by atoms with van der Waals surface area (Å²) in [5.74, 6) is 2.38. The van der Waals surface area contributed by atoms with Crippen LogP contribution in [0.25, 0.3) is 11.5 Å². The van der Waals surface area contributed by atoms with Gasteiger partial charge in [0.25, 0.3) is 5.89 Å². The molecule has 1 aliphatic heterocycles. The van der Waals surface area contributed by atoms with Crippen LogP contribution in [0.1, 0.15) is 28.4 Å². The van der Waals surface area contributed by atoms with Crippen LogP contribution in [0.5, 0.6) is 0 Å². The van der Waals surface area contributed by atoms with E-state index in [1.54, 1.807) is 0 Å². The zero-order valence-corrected chi connectivity index (χ0v) is 15.6. The quantitative estimate of drug-likeness (QED) is 0.529. The lowest BCUT2D eigenvalue weighted by molar-refractivity contribution is 0.425. The fourth-order valence-corrected chi connectivity index (χ4v) is 3.89. The highest BCUT2D eigenvalue weighted by molar-refractivity contribution is 5.60. The molecule has 5 heteroatoms. The van der Waals surface area contributed by atoms with E-state index in [1.807, 2.05) is 25.3 Å². The van der Waals surface area contributed by atoms with Gasteiger partial charge in [0, 0.05) is 30.8 Å². The second kappa shape index (κ2) is 6.93. The molecule has 4 aromatic rings. The second-order valence-electron chi connectivity index (χ2n) is 7.09. The van der Waals surface area contributed by atoms with Crippen molar-refractivity contribution in [3.63, 3.8) is 0 Å². The number of anilines is 1. The first-order valence-electron chi connectivity index (χ1n) is 9.42. The lowest BCUT2D eigenvalue weighted by Crippen LogP contribution is -2.34. The first-order valence-corrected chi connectivity index (χ1v) is 9.42. The molecule has 0 saturated heterocycles. The average Bonchev–Trinajstić information content (AvgIpc) is 3.20. The maximum Gasteiger partial charge on any atom is 0.258 e. The minimum Gasteiger partial charge on any atom is -0.351 e. The minimum atomic E-state index is 0.308. The zero-order valence-electron chi connectivity index (χ0n) is 15.6. The van der Waals surface area contributed by atoms with Crippen LogP contribution in [0.3, 0.4) is 0 Å². The molecule has 28 heavy (non-hydrogen) atoms. The lowest BCUT2D eigenvalue weighted by Gasteiger charge is -2.36. The van der Waals surface area contributed by atoms with Crippen molar-refractivity contribution in [2.75, 3.05) is 11.4 Å². The third-order valence-corrected chi connectivity index (χ3v) is 5.24. The van der Waals surface area contributed by atoms with Crippen molar-refractivity contribution >= 4 is 5.82 Å². The van der Waals surface area contributed by atoms with E-state index < -0.39 is 0 Å². The van der Waals surface area contributed by atoms with Crippen molar-refractivity contribution in [3.8, 4) is 11.5 Å². The van der Waals surface area contributed by atoms with Crippen LogP contribution in [0, 0.1) is 6.92 Å². The summed E-state index contributed by atoms with van der Waals surface area (Å²) in [4.78, 5) is 11.3. The van der Waals surface area contributed by atoms with Crippen LogP contribution in [-0.4, -0.2) is 21.7 Å². The van der Waals surface area contributed by atoms with Gasteiger partial charge in [0.15, 0.2) is 5.82 Å². The van der Waals surface area contributed by atoms with Gasteiger partial charge in [0.05, 0.1) is 0 Å². The van der Waals surface area contributed by atoms with E-state index in [-0.39, 0.29) is 0 Å². The van der Waals surface area contributed by atoms with E-state index in [2.05, 4.69) is 74.6 Å². The van der Waals surface area contributed by atoms with E-state index in [1.165, 1.54) is 16.7 Å². The fourth-order valence-electron chi connectivity index (χ4n) is 3.89. The van der Waals surface area contributed by atoms with Gasteiger partial charge in [-0.25, -0.2) is 4.98 Å². The summed E-state index contributed by atoms with van der Waals surface area (Å²) in [6.07, 6.45) is 1.81. The highest BCUT2D eigenvalue weighted by Crippen LogP contribution is 2.35. The number of aromatic nitrogens is 3. The fraction of sp³-hybridized carbons (Fsp3) is 0.174. The van der Waals surface area contributed by atoms with E-state index in [0.29, 0.717) is 17.6 Å². The van der Waals surface area contributed by atoms with Crippen molar-refractivity contribution in [3.05, 3.63) is 95.4 Å². The molecule has 5 nitrogen and oxygen atoms in total. The molecule has 2 aromatic carbocycles. The molecule has 5 rings (SSSR count).